The smallest absolute Gasteiger partial charge is 0.173 e. The van der Waals surface area contributed by atoms with Crippen LogP contribution >= 0.6 is 0 Å². The molecular weight excluding hydrogens is 216 g/mol. The summed E-state index contributed by atoms with van der Waals surface area (Å²) in [5.74, 6) is 1.33. The summed E-state index contributed by atoms with van der Waals surface area (Å²) in [5, 5.41) is 13.8. The Bertz CT molecular complexity index is 544. The number of nitrogens with zero attached hydrogens (tertiary/aromatic N) is 1. The second kappa shape index (κ2) is 4.13. The minimum Gasteiger partial charge on any atom is -0.507 e. The average Bonchev–Trinajstić information content (AvgIpc) is 2.68. The lowest BCUT2D eigenvalue weighted by Crippen LogP contribution is -1.93. The van der Waals surface area contributed by atoms with Gasteiger partial charge in [-0.2, -0.15) is 0 Å². The molecule has 17 heavy (non-hydrogen) atoms. The van der Waals surface area contributed by atoms with Gasteiger partial charge in [0.25, 0.3) is 0 Å². The van der Waals surface area contributed by atoms with Crippen molar-refractivity contribution in [1.29, 1.82) is 0 Å². The molecule has 0 atom stereocenters. The van der Waals surface area contributed by atoms with E-state index < -0.39 is 0 Å². The fraction of sp³-hybridized carbons (Fsp3) is 0.308. The molecule has 4 nitrogen and oxygen atoms in total. The number of nitrogen functional groups attached to an aromatic ring is 1. The Morgan fingerprint density at radius 1 is 1.35 bits per heavy atom. The molecule has 2 aromatic rings. The van der Waals surface area contributed by atoms with Crippen molar-refractivity contribution in [3.05, 3.63) is 29.3 Å². The molecule has 4 heteroatoms. The second-order valence-electron chi connectivity index (χ2n) is 4.47. The number of phenols is 1. The molecule has 0 unspecified atom stereocenters. The molecule has 0 saturated heterocycles. The van der Waals surface area contributed by atoms with Crippen molar-refractivity contribution >= 4 is 5.82 Å². The van der Waals surface area contributed by atoms with Crippen molar-refractivity contribution in [2.24, 2.45) is 0 Å². The molecule has 0 aliphatic rings. The second-order valence-corrected chi connectivity index (χ2v) is 4.47. The molecular formula is C13H16N2O2. The van der Waals surface area contributed by atoms with Gasteiger partial charge in [-0.1, -0.05) is 31.1 Å². The van der Waals surface area contributed by atoms with Gasteiger partial charge >= 0.3 is 0 Å². The molecule has 0 saturated carbocycles. The molecule has 90 valence electrons. The Morgan fingerprint density at radius 3 is 2.59 bits per heavy atom. The molecule has 1 aromatic carbocycles. The third-order valence-corrected chi connectivity index (χ3v) is 2.81. The van der Waals surface area contributed by atoms with E-state index in [2.05, 4.69) is 19.0 Å². The van der Waals surface area contributed by atoms with Crippen LogP contribution in [0.25, 0.3) is 11.3 Å². The molecule has 0 radical (unpaired) electrons. The lowest BCUT2D eigenvalue weighted by Gasteiger charge is -2.13. The first kappa shape index (κ1) is 11.5. The summed E-state index contributed by atoms with van der Waals surface area (Å²) in [6.07, 6.45) is 0. The van der Waals surface area contributed by atoms with E-state index in [1.54, 1.807) is 6.07 Å². The van der Waals surface area contributed by atoms with Gasteiger partial charge < -0.3 is 15.4 Å². The van der Waals surface area contributed by atoms with E-state index in [4.69, 9.17) is 10.3 Å². The number of aryl methyl sites for hydroxylation is 1. The van der Waals surface area contributed by atoms with Gasteiger partial charge in [-0.25, -0.2) is 0 Å². The molecule has 0 amide bonds. The normalized spacial score (nSPS) is 11.1. The van der Waals surface area contributed by atoms with Crippen LogP contribution in [-0.2, 0) is 0 Å². The summed E-state index contributed by atoms with van der Waals surface area (Å²) < 4.78 is 5.14. The van der Waals surface area contributed by atoms with Gasteiger partial charge in [0.05, 0.1) is 5.56 Å². The van der Waals surface area contributed by atoms with Crippen LogP contribution in [0.4, 0.5) is 5.82 Å². The van der Waals surface area contributed by atoms with Crippen molar-refractivity contribution in [1.82, 2.24) is 5.16 Å². The Labute approximate surface area is 100 Å². The predicted molar refractivity (Wildman–Crippen MR) is 66.8 cm³/mol. The van der Waals surface area contributed by atoms with Gasteiger partial charge in [-0.05, 0) is 24.0 Å². The van der Waals surface area contributed by atoms with Gasteiger partial charge in [0.15, 0.2) is 11.6 Å². The van der Waals surface area contributed by atoms with Crippen molar-refractivity contribution in [2.75, 3.05) is 5.73 Å². The van der Waals surface area contributed by atoms with Crippen LogP contribution in [0.15, 0.2) is 22.7 Å². The number of hydrogen-bond donors (Lipinski definition) is 2. The summed E-state index contributed by atoms with van der Waals surface area (Å²) in [6, 6.07) is 5.52. The summed E-state index contributed by atoms with van der Waals surface area (Å²) in [6.45, 7) is 5.98. The molecule has 1 aromatic heterocycles. The van der Waals surface area contributed by atoms with Crippen LogP contribution in [0.2, 0.25) is 0 Å². The fourth-order valence-corrected chi connectivity index (χ4v) is 1.86. The highest BCUT2D eigenvalue weighted by molar-refractivity contribution is 5.73. The van der Waals surface area contributed by atoms with Crippen LogP contribution in [0, 0.1) is 6.92 Å². The zero-order valence-electron chi connectivity index (χ0n) is 10.2. The van der Waals surface area contributed by atoms with Crippen LogP contribution in [0.5, 0.6) is 5.75 Å². The number of rotatable bonds is 2. The Kier molecular flexibility index (Phi) is 2.79. The molecule has 0 aliphatic carbocycles. The monoisotopic (exact) mass is 232 g/mol. The molecule has 0 spiro atoms. The highest BCUT2D eigenvalue weighted by Gasteiger charge is 2.18. The Hall–Kier alpha value is -1.97. The minimum absolute atomic E-state index is 0.229. The van der Waals surface area contributed by atoms with E-state index >= 15 is 0 Å². The summed E-state index contributed by atoms with van der Waals surface area (Å²) in [4.78, 5) is 0. The number of nitrogens with two attached hydrogens (primary N) is 1. The maximum atomic E-state index is 10.2. The predicted octanol–water partition coefficient (Wildman–Crippen LogP) is 3.06. The molecule has 0 bridgehead atoms. The van der Waals surface area contributed by atoms with Crippen LogP contribution < -0.4 is 5.73 Å². The van der Waals surface area contributed by atoms with E-state index in [0.29, 0.717) is 17.1 Å². The minimum atomic E-state index is 0.229. The van der Waals surface area contributed by atoms with Crippen molar-refractivity contribution in [3.63, 3.8) is 0 Å². The third-order valence-electron chi connectivity index (χ3n) is 2.81. The number of hydrogen-bond acceptors (Lipinski definition) is 4. The number of benzene rings is 1. The number of anilines is 1. The van der Waals surface area contributed by atoms with Gasteiger partial charge in [-0.3, -0.25) is 0 Å². The summed E-state index contributed by atoms with van der Waals surface area (Å²) >= 11 is 0. The Morgan fingerprint density at radius 2 is 2.06 bits per heavy atom. The lowest BCUT2D eigenvalue weighted by molar-refractivity contribution is 0.427. The molecule has 0 aliphatic heterocycles. The van der Waals surface area contributed by atoms with Crippen molar-refractivity contribution in [3.8, 4) is 17.1 Å². The zero-order chi connectivity index (χ0) is 12.6. The van der Waals surface area contributed by atoms with E-state index in [0.717, 1.165) is 11.1 Å². The first-order chi connectivity index (χ1) is 8.00. The van der Waals surface area contributed by atoms with E-state index in [1.165, 1.54) is 0 Å². The molecule has 3 N–H and O–H groups in total. The van der Waals surface area contributed by atoms with Crippen LogP contribution in [0.3, 0.4) is 0 Å². The van der Waals surface area contributed by atoms with Crippen molar-refractivity contribution < 1.29 is 9.63 Å². The van der Waals surface area contributed by atoms with Gasteiger partial charge in [0, 0.05) is 6.07 Å². The maximum Gasteiger partial charge on any atom is 0.173 e. The number of phenolic OH excluding ortho intramolecular Hbond substituents is 1. The topological polar surface area (TPSA) is 72.3 Å². The van der Waals surface area contributed by atoms with Crippen LogP contribution in [0.1, 0.15) is 30.9 Å². The lowest BCUT2D eigenvalue weighted by atomic mass is 9.93. The molecule has 2 rings (SSSR count). The standard InChI is InChI=1S/C13H16N2O2/c1-7(2)9-5-4-8(3)13(16)12(9)10-6-11(14)15-17-10/h4-7,16H,1-3H3,(H2,14,15). The third kappa shape index (κ3) is 1.98. The van der Waals surface area contributed by atoms with E-state index in [9.17, 15) is 5.11 Å². The van der Waals surface area contributed by atoms with E-state index in [-0.39, 0.29) is 11.7 Å². The van der Waals surface area contributed by atoms with Gasteiger partial charge in [0.1, 0.15) is 5.75 Å². The zero-order valence-corrected chi connectivity index (χ0v) is 10.2. The maximum absolute atomic E-state index is 10.2. The van der Waals surface area contributed by atoms with Gasteiger partial charge in [0.2, 0.25) is 0 Å². The highest BCUT2D eigenvalue weighted by atomic mass is 16.5. The fourth-order valence-electron chi connectivity index (χ4n) is 1.86. The van der Waals surface area contributed by atoms with Crippen LogP contribution in [-0.4, -0.2) is 10.3 Å². The highest BCUT2D eigenvalue weighted by Crippen LogP contribution is 2.38. The Balaban J connectivity index is 2.69. The van der Waals surface area contributed by atoms with Crippen molar-refractivity contribution in [2.45, 2.75) is 26.7 Å². The summed E-state index contributed by atoms with van der Waals surface area (Å²) in [5.41, 5.74) is 8.05. The molecule has 0 fully saturated rings. The first-order valence-corrected chi connectivity index (χ1v) is 5.55. The summed E-state index contributed by atoms with van der Waals surface area (Å²) in [7, 11) is 0. The average molecular weight is 232 g/mol. The number of aromatic hydroxyl groups is 1. The van der Waals surface area contributed by atoms with Gasteiger partial charge in [-0.15, -0.1) is 0 Å². The number of aromatic nitrogens is 1. The van der Waals surface area contributed by atoms with E-state index in [1.807, 2.05) is 19.1 Å². The first-order valence-electron chi connectivity index (χ1n) is 5.55. The molecule has 1 heterocycles. The largest absolute Gasteiger partial charge is 0.507 e. The quantitative estimate of drug-likeness (QED) is 0.834. The SMILES string of the molecule is Cc1ccc(C(C)C)c(-c2cc(N)no2)c1O.